The number of fused-ring (bicyclic) bond motifs is 1. The number of amides is 1. The predicted molar refractivity (Wildman–Crippen MR) is 106 cm³/mol. The number of ether oxygens (including phenoxy) is 1. The van der Waals surface area contributed by atoms with Gasteiger partial charge in [0.1, 0.15) is 5.65 Å². The summed E-state index contributed by atoms with van der Waals surface area (Å²) >= 11 is 0. The number of nitrogens with zero attached hydrogens (tertiary/aromatic N) is 4. The molecule has 0 bridgehead atoms. The van der Waals surface area contributed by atoms with Gasteiger partial charge in [0.05, 0.1) is 12.3 Å². The van der Waals surface area contributed by atoms with Gasteiger partial charge in [0, 0.05) is 57.4 Å². The minimum atomic E-state index is -0.0404. The highest BCUT2D eigenvalue weighted by Gasteiger charge is 2.41. The van der Waals surface area contributed by atoms with E-state index in [-0.39, 0.29) is 16.9 Å². The second kappa shape index (κ2) is 8.01. The largest absolute Gasteiger partial charge is 0.383 e. The lowest BCUT2D eigenvalue weighted by atomic mass is 9.73. The van der Waals surface area contributed by atoms with Crippen molar-refractivity contribution >= 4 is 11.6 Å². The maximum atomic E-state index is 12.4. The lowest BCUT2D eigenvalue weighted by Gasteiger charge is -2.48. The Balaban J connectivity index is 1.48. The minimum absolute atomic E-state index is 0.0404. The zero-order valence-corrected chi connectivity index (χ0v) is 16.5. The SMILES string of the molecule is COCCN1C[C@]2(CCCN(Cc3cc(=O)n4ccccc4n3)C2)CCC1=O. The molecule has 0 saturated carbocycles. The molecule has 2 aliphatic rings. The molecule has 2 aliphatic heterocycles. The molecule has 0 aliphatic carbocycles. The number of piperidine rings is 2. The van der Waals surface area contributed by atoms with Crippen molar-refractivity contribution in [1.82, 2.24) is 19.2 Å². The Morgan fingerprint density at radius 3 is 2.96 bits per heavy atom. The number of hydrogen-bond donors (Lipinski definition) is 0. The van der Waals surface area contributed by atoms with Gasteiger partial charge in [-0.2, -0.15) is 0 Å². The number of likely N-dealkylation sites (tertiary alicyclic amines) is 2. The first-order valence-corrected chi connectivity index (χ1v) is 10.0. The summed E-state index contributed by atoms with van der Waals surface area (Å²) in [6.45, 7) is 4.67. The van der Waals surface area contributed by atoms with Gasteiger partial charge in [-0.1, -0.05) is 6.07 Å². The van der Waals surface area contributed by atoms with Crippen LogP contribution in [0.1, 0.15) is 31.4 Å². The molecule has 2 aromatic rings. The number of aromatic nitrogens is 2. The molecule has 4 rings (SSSR count). The second-order valence-corrected chi connectivity index (χ2v) is 8.14. The van der Waals surface area contributed by atoms with Crippen LogP contribution in [-0.4, -0.2) is 65.0 Å². The van der Waals surface area contributed by atoms with Crippen molar-refractivity contribution in [2.45, 2.75) is 32.2 Å². The molecule has 150 valence electrons. The van der Waals surface area contributed by atoms with Crippen LogP contribution in [0.4, 0.5) is 0 Å². The number of carbonyl (C=O) groups is 1. The topological polar surface area (TPSA) is 67.2 Å². The van der Waals surface area contributed by atoms with Crippen LogP contribution in [-0.2, 0) is 16.1 Å². The summed E-state index contributed by atoms with van der Waals surface area (Å²) < 4.78 is 6.74. The van der Waals surface area contributed by atoms with Gasteiger partial charge in [-0.05, 0) is 37.9 Å². The van der Waals surface area contributed by atoms with E-state index in [0.29, 0.717) is 31.8 Å². The summed E-state index contributed by atoms with van der Waals surface area (Å²) in [5.41, 5.74) is 1.61. The van der Waals surface area contributed by atoms with Crippen molar-refractivity contribution in [3.05, 3.63) is 46.5 Å². The quantitative estimate of drug-likeness (QED) is 0.782. The molecule has 28 heavy (non-hydrogen) atoms. The van der Waals surface area contributed by atoms with E-state index < -0.39 is 0 Å². The summed E-state index contributed by atoms with van der Waals surface area (Å²) in [4.78, 5) is 33.7. The predicted octanol–water partition coefficient (Wildman–Crippen LogP) is 1.55. The third kappa shape index (κ3) is 3.95. The third-order valence-corrected chi connectivity index (χ3v) is 6.06. The highest BCUT2D eigenvalue weighted by molar-refractivity contribution is 5.77. The van der Waals surface area contributed by atoms with Gasteiger partial charge in [-0.15, -0.1) is 0 Å². The first-order valence-electron chi connectivity index (χ1n) is 10.0. The van der Waals surface area contributed by atoms with Crippen LogP contribution in [0.15, 0.2) is 35.3 Å². The van der Waals surface area contributed by atoms with Crippen molar-refractivity contribution in [2.24, 2.45) is 5.41 Å². The van der Waals surface area contributed by atoms with Gasteiger partial charge in [-0.25, -0.2) is 4.98 Å². The molecule has 0 N–H and O–H groups in total. The Kier molecular flexibility index (Phi) is 5.46. The fourth-order valence-corrected chi connectivity index (χ4v) is 4.70. The van der Waals surface area contributed by atoms with E-state index in [1.54, 1.807) is 23.8 Å². The van der Waals surface area contributed by atoms with Gasteiger partial charge in [0.15, 0.2) is 0 Å². The van der Waals surface area contributed by atoms with E-state index in [1.165, 1.54) is 0 Å². The number of carbonyl (C=O) groups excluding carboxylic acids is 1. The molecular weight excluding hydrogens is 356 g/mol. The molecular formula is C21H28N4O3. The van der Waals surface area contributed by atoms with Crippen LogP contribution in [0.3, 0.4) is 0 Å². The van der Waals surface area contributed by atoms with Crippen molar-refractivity contribution in [1.29, 1.82) is 0 Å². The Bertz CT molecular complexity index is 912. The summed E-state index contributed by atoms with van der Waals surface area (Å²) in [5, 5.41) is 0. The number of pyridine rings is 1. The maximum Gasteiger partial charge on any atom is 0.258 e. The summed E-state index contributed by atoms with van der Waals surface area (Å²) in [5.74, 6) is 0.240. The van der Waals surface area contributed by atoms with Crippen molar-refractivity contribution in [3.8, 4) is 0 Å². The molecule has 2 saturated heterocycles. The van der Waals surface area contributed by atoms with E-state index in [0.717, 1.165) is 44.6 Å². The van der Waals surface area contributed by atoms with Crippen molar-refractivity contribution < 1.29 is 9.53 Å². The molecule has 1 atom stereocenters. The first-order chi connectivity index (χ1) is 13.6. The average Bonchev–Trinajstić information content (AvgIpc) is 2.69. The highest BCUT2D eigenvalue weighted by atomic mass is 16.5. The van der Waals surface area contributed by atoms with Gasteiger partial charge < -0.3 is 9.64 Å². The molecule has 4 heterocycles. The molecule has 0 aromatic carbocycles. The third-order valence-electron chi connectivity index (χ3n) is 6.06. The monoisotopic (exact) mass is 384 g/mol. The normalized spacial score (nSPS) is 23.6. The number of rotatable bonds is 5. The Labute approximate surface area is 164 Å². The zero-order chi connectivity index (χ0) is 19.6. The smallest absolute Gasteiger partial charge is 0.258 e. The summed E-state index contributed by atoms with van der Waals surface area (Å²) in [6, 6.07) is 7.24. The molecule has 2 fully saturated rings. The van der Waals surface area contributed by atoms with E-state index in [4.69, 9.17) is 4.74 Å². The molecule has 0 unspecified atom stereocenters. The molecule has 7 nitrogen and oxygen atoms in total. The molecule has 1 spiro atoms. The van der Waals surface area contributed by atoms with E-state index in [1.807, 2.05) is 23.1 Å². The Hall–Kier alpha value is -2.25. The first kappa shape index (κ1) is 19.1. The Morgan fingerprint density at radius 2 is 2.11 bits per heavy atom. The van der Waals surface area contributed by atoms with Crippen LogP contribution >= 0.6 is 0 Å². The number of hydrogen-bond acceptors (Lipinski definition) is 5. The standard InChI is InChI=1S/C21H28N4O3/c1-28-12-11-24-16-21(8-6-19(24)26)7-4-9-23(15-21)14-17-13-20(27)25-10-3-2-5-18(25)22-17/h2-3,5,10,13H,4,6-9,11-12,14-16H2,1H3/t21-/m1/s1. The fourth-order valence-electron chi connectivity index (χ4n) is 4.70. The van der Waals surface area contributed by atoms with Crippen LogP contribution in [0.5, 0.6) is 0 Å². The molecule has 1 amide bonds. The van der Waals surface area contributed by atoms with E-state index >= 15 is 0 Å². The van der Waals surface area contributed by atoms with Crippen LogP contribution in [0.25, 0.3) is 5.65 Å². The second-order valence-electron chi connectivity index (χ2n) is 8.14. The average molecular weight is 384 g/mol. The van der Waals surface area contributed by atoms with Gasteiger partial charge in [0.25, 0.3) is 5.56 Å². The maximum absolute atomic E-state index is 12.4. The summed E-state index contributed by atoms with van der Waals surface area (Å²) in [7, 11) is 1.67. The minimum Gasteiger partial charge on any atom is -0.383 e. The molecule has 7 heteroatoms. The highest BCUT2D eigenvalue weighted by Crippen LogP contribution is 2.39. The van der Waals surface area contributed by atoms with Crippen molar-refractivity contribution in [3.63, 3.8) is 0 Å². The van der Waals surface area contributed by atoms with Gasteiger partial charge >= 0.3 is 0 Å². The van der Waals surface area contributed by atoms with Crippen LogP contribution in [0, 0.1) is 5.41 Å². The molecule has 2 aromatic heterocycles. The van der Waals surface area contributed by atoms with Gasteiger partial charge in [0.2, 0.25) is 5.91 Å². The molecule has 0 radical (unpaired) electrons. The fraction of sp³-hybridized carbons (Fsp3) is 0.571. The lowest BCUT2D eigenvalue weighted by molar-refractivity contribution is -0.140. The lowest BCUT2D eigenvalue weighted by Crippen LogP contribution is -2.54. The number of methoxy groups -OCH3 is 1. The van der Waals surface area contributed by atoms with Crippen LogP contribution in [0.2, 0.25) is 0 Å². The van der Waals surface area contributed by atoms with Crippen molar-refractivity contribution in [2.75, 3.05) is 39.9 Å². The Morgan fingerprint density at radius 1 is 1.21 bits per heavy atom. The zero-order valence-electron chi connectivity index (χ0n) is 16.5. The van der Waals surface area contributed by atoms with E-state index in [2.05, 4.69) is 9.88 Å². The summed E-state index contributed by atoms with van der Waals surface area (Å²) in [6.07, 6.45) is 5.57. The van der Waals surface area contributed by atoms with Gasteiger partial charge in [-0.3, -0.25) is 18.9 Å². The van der Waals surface area contributed by atoms with Crippen LogP contribution < -0.4 is 5.56 Å². The van der Waals surface area contributed by atoms with E-state index in [9.17, 15) is 9.59 Å².